The van der Waals surface area contributed by atoms with E-state index in [0.717, 1.165) is 6.07 Å². The molecule has 0 radical (unpaired) electrons. The van der Waals surface area contributed by atoms with Crippen LogP contribution in [0.2, 0.25) is 0 Å². The summed E-state index contributed by atoms with van der Waals surface area (Å²) in [5, 5.41) is 9.04. The predicted octanol–water partition coefficient (Wildman–Crippen LogP) is 2.53. The zero-order chi connectivity index (χ0) is 21.2. The lowest BCUT2D eigenvalue weighted by Gasteiger charge is -2.12. The molecule has 1 aliphatic rings. The van der Waals surface area contributed by atoms with Crippen LogP contribution in [0, 0.1) is 0 Å². The molecule has 10 heteroatoms. The third-order valence-corrected chi connectivity index (χ3v) is 4.33. The molecule has 0 atom stereocenters. The number of amides is 2. The maximum absolute atomic E-state index is 13.2. The van der Waals surface area contributed by atoms with Gasteiger partial charge in [0.1, 0.15) is 12.1 Å². The van der Waals surface area contributed by atoms with Gasteiger partial charge in [-0.3, -0.25) is 14.4 Å². The van der Waals surface area contributed by atoms with Gasteiger partial charge in [0.2, 0.25) is 5.91 Å². The number of hydrogen-bond donors (Lipinski definition) is 2. The molecular weight excluding hydrogens is 389 g/mol. The maximum atomic E-state index is 13.2. The van der Waals surface area contributed by atoms with E-state index < -0.39 is 29.8 Å². The Morgan fingerprint density at radius 3 is 2.59 bits per heavy atom. The fraction of sp³-hybridized carbons (Fsp3) is 0.368. The van der Waals surface area contributed by atoms with Crippen molar-refractivity contribution in [1.29, 1.82) is 0 Å². The smallest absolute Gasteiger partial charge is 0.352 e. The Kier molecular flexibility index (Phi) is 5.71. The number of benzene rings is 1. The van der Waals surface area contributed by atoms with Crippen LogP contribution in [-0.2, 0) is 17.5 Å². The van der Waals surface area contributed by atoms with E-state index in [9.17, 15) is 27.6 Å². The van der Waals surface area contributed by atoms with Crippen molar-refractivity contribution in [2.45, 2.75) is 38.4 Å². The fourth-order valence-electron chi connectivity index (χ4n) is 2.79. The Labute approximate surface area is 163 Å². The van der Waals surface area contributed by atoms with Crippen LogP contribution < -0.4 is 16.2 Å². The number of nitrogens with one attached hydrogen (secondary N) is 2. The second-order valence-corrected chi connectivity index (χ2v) is 6.71. The normalized spacial score (nSPS) is 13.8. The highest BCUT2D eigenvalue weighted by Gasteiger charge is 2.37. The van der Waals surface area contributed by atoms with Crippen molar-refractivity contribution in [3.05, 3.63) is 57.5 Å². The molecule has 1 heterocycles. The lowest BCUT2D eigenvalue weighted by molar-refractivity contribution is -0.139. The Bertz CT molecular complexity index is 997. The van der Waals surface area contributed by atoms with Gasteiger partial charge in [-0.2, -0.15) is 18.3 Å². The minimum absolute atomic E-state index is 0.125. The van der Waals surface area contributed by atoms with Gasteiger partial charge in [-0.15, -0.1) is 0 Å². The van der Waals surface area contributed by atoms with E-state index >= 15 is 0 Å². The lowest BCUT2D eigenvalue weighted by Crippen LogP contribution is -2.35. The first kappa shape index (κ1) is 20.6. The Morgan fingerprint density at radius 1 is 1.24 bits per heavy atom. The summed E-state index contributed by atoms with van der Waals surface area (Å²) in [6.07, 6.45) is -3.44. The highest BCUT2D eigenvalue weighted by atomic mass is 19.4. The van der Waals surface area contributed by atoms with Crippen LogP contribution in [0.1, 0.15) is 47.3 Å². The molecule has 29 heavy (non-hydrogen) atoms. The van der Waals surface area contributed by atoms with Crippen LogP contribution in [0.3, 0.4) is 0 Å². The van der Waals surface area contributed by atoms with Crippen molar-refractivity contribution in [2.75, 3.05) is 11.9 Å². The Morgan fingerprint density at radius 2 is 1.97 bits per heavy atom. The van der Waals surface area contributed by atoms with Crippen LogP contribution in [0.5, 0.6) is 0 Å². The summed E-state index contributed by atoms with van der Waals surface area (Å²) < 4.78 is 40.1. The third-order valence-electron chi connectivity index (χ3n) is 4.33. The fourth-order valence-corrected chi connectivity index (χ4v) is 2.79. The van der Waals surface area contributed by atoms with Crippen molar-refractivity contribution < 1.29 is 22.8 Å². The lowest BCUT2D eigenvalue weighted by atomic mass is 10.2. The minimum atomic E-state index is -4.83. The standard InChI is InChI=1S/C19H19F3N4O3/c1-2-23-17(28)12-4-3-5-13(8-12)24-16(27)10-26-18(29)14(19(20,21)22)9-15(25-26)11-6-7-11/h3-5,8-9,11H,2,6-7,10H2,1H3,(H,23,28)(H,24,27). The average Bonchev–Trinajstić information content (AvgIpc) is 3.48. The SMILES string of the molecule is CCNC(=O)c1cccc(NC(=O)Cn2nc(C3CC3)cc(C(F)(F)F)c2=O)c1. The van der Waals surface area contributed by atoms with E-state index in [1.165, 1.54) is 12.1 Å². The first-order valence-electron chi connectivity index (χ1n) is 9.06. The Hall–Kier alpha value is -3.17. The average molecular weight is 408 g/mol. The van der Waals surface area contributed by atoms with Crippen molar-refractivity contribution in [2.24, 2.45) is 0 Å². The molecule has 154 valence electrons. The first-order valence-corrected chi connectivity index (χ1v) is 9.06. The highest BCUT2D eigenvalue weighted by molar-refractivity contribution is 5.97. The molecule has 2 N–H and O–H groups in total. The molecule has 1 fully saturated rings. The zero-order valence-corrected chi connectivity index (χ0v) is 15.5. The maximum Gasteiger partial charge on any atom is 0.421 e. The summed E-state index contributed by atoms with van der Waals surface area (Å²) in [7, 11) is 0. The number of hydrogen-bond acceptors (Lipinski definition) is 4. The number of nitrogens with zero attached hydrogens (tertiary/aromatic N) is 2. The molecule has 1 aliphatic carbocycles. The third kappa shape index (κ3) is 5.01. The molecule has 0 spiro atoms. The van der Waals surface area contributed by atoms with E-state index in [1.54, 1.807) is 19.1 Å². The van der Waals surface area contributed by atoms with Crippen LogP contribution >= 0.6 is 0 Å². The summed E-state index contributed by atoms with van der Waals surface area (Å²) in [4.78, 5) is 36.3. The first-order chi connectivity index (χ1) is 13.7. The number of carbonyl (C=O) groups is 2. The molecule has 1 aromatic carbocycles. The van der Waals surface area contributed by atoms with E-state index in [4.69, 9.17) is 0 Å². The molecule has 2 amide bonds. The second kappa shape index (κ2) is 8.06. The molecule has 3 rings (SSSR count). The summed E-state index contributed by atoms with van der Waals surface area (Å²) >= 11 is 0. The van der Waals surface area contributed by atoms with Gasteiger partial charge in [0.05, 0.1) is 5.69 Å². The number of aromatic nitrogens is 2. The van der Waals surface area contributed by atoms with Gasteiger partial charge in [-0.05, 0) is 44.0 Å². The molecule has 1 saturated carbocycles. The Balaban J connectivity index is 1.81. The molecule has 2 aromatic rings. The number of alkyl halides is 3. The molecule has 7 nitrogen and oxygen atoms in total. The molecule has 0 aliphatic heterocycles. The van der Waals surface area contributed by atoms with E-state index in [-0.39, 0.29) is 23.2 Å². The highest BCUT2D eigenvalue weighted by Crippen LogP contribution is 2.40. The van der Waals surface area contributed by atoms with Crippen LogP contribution in [0.15, 0.2) is 35.1 Å². The second-order valence-electron chi connectivity index (χ2n) is 6.71. The predicted molar refractivity (Wildman–Crippen MR) is 98.6 cm³/mol. The number of anilines is 1. The zero-order valence-electron chi connectivity index (χ0n) is 15.5. The quantitative estimate of drug-likeness (QED) is 0.768. The number of halogens is 3. The van der Waals surface area contributed by atoms with Gasteiger partial charge in [0.15, 0.2) is 0 Å². The van der Waals surface area contributed by atoms with E-state index in [1.807, 2.05) is 0 Å². The van der Waals surface area contributed by atoms with Gasteiger partial charge in [0.25, 0.3) is 11.5 Å². The van der Waals surface area contributed by atoms with E-state index in [0.29, 0.717) is 29.6 Å². The molecule has 0 bridgehead atoms. The monoisotopic (exact) mass is 408 g/mol. The van der Waals surface area contributed by atoms with Gasteiger partial charge in [0, 0.05) is 23.7 Å². The number of carbonyl (C=O) groups excluding carboxylic acids is 2. The molecule has 1 aromatic heterocycles. The van der Waals surface area contributed by atoms with Crippen LogP contribution in [0.4, 0.5) is 18.9 Å². The largest absolute Gasteiger partial charge is 0.421 e. The summed E-state index contributed by atoms with van der Waals surface area (Å²) in [5.74, 6) is -1.18. The summed E-state index contributed by atoms with van der Waals surface area (Å²) in [6.45, 7) is 1.52. The van der Waals surface area contributed by atoms with Gasteiger partial charge in [-0.1, -0.05) is 6.07 Å². The summed E-state index contributed by atoms with van der Waals surface area (Å²) in [5.41, 5.74) is -1.95. The van der Waals surface area contributed by atoms with Crippen LogP contribution in [-0.4, -0.2) is 28.1 Å². The van der Waals surface area contributed by atoms with Crippen molar-refractivity contribution >= 4 is 17.5 Å². The van der Waals surface area contributed by atoms with Gasteiger partial charge < -0.3 is 10.6 Å². The van der Waals surface area contributed by atoms with Crippen molar-refractivity contribution in [3.63, 3.8) is 0 Å². The summed E-state index contributed by atoms with van der Waals surface area (Å²) in [6, 6.07) is 6.84. The van der Waals surface area contributed by atoms with Crippen molar-refractivity contribution in [1.82, 2.24) is 15.1 Å². The van der Waals surface area contributed by atoms with Crippen molar-refractivity contribution in [3.8, 4) is 0 Å². The van der Waals surface area contributed by atoms with Gasteiger partial charge >= 0.3 is 6.18 Å². The minimum Gasteiger partial charge on any atom is -0.352 e. The molecule has 0 saturated heterocycles. The molecular formula is C19H19F3N4O3. The molecule has 0 unspecified atom stereocenters. The van der Waals surface area contributed by atoms with Gasteiger partial charge in [-0.25, -0.2) is 4.68 Å². The van der Waals surface area contributed by atoms with Crippen LogP contribution in [0.25, 0.3) is 0 Å². The van der Waals surface area contributed by atoms with E-state index in [2.05, 4.69) is 15.7 Å². The topological polar surface area (TPSA) is 93.1 Å². The number of rotatable bonds is 6.